The smallest absolute Gasteiger partial charge is 0.161 e. The Balaban J connectivity index is 1.60. The SMILES string of the molecule is Cc1c(O)cc(CNC(=S)/C=C/c2cc(O)c(O)c(CSCc3ccccc3)c2)cc1O. The molecule has 0 radical (unpaired) electrons. The van der Waals surface area contributed by atoms with Gasteiger partial charge < -0.3 is 25.7 Å². The van der Waals surface area contributed by atoms with Crippen LogP contribution < -0.4 is 5.32 Å². The van der Waals surface area contributed by atoms with E-state index in [1.807, 2.05) is 24.3 Å². The minimum absolute atomic E-state index is 0.0282. The molecule has 5 N–H and O–H groups in total. The van der Waals surface area contributed by atoms with Crippen molar-refractivity contribution in [2.75, 3.05) is 0 Å². The van der Waals surface area contributed by atoms with Gasteiger partial charge in [0.05, 0.1) is 4.99 Å². The van der Waals surface area contributed by atoms with E-state index >= 15 is 0 Å². The Labute approximate surface area is 197 Å². The number of thiocarbonyl (C=S) groups is 1. The van der Waals surface area contributed by atoms with Crippen LogP contribution in [0, 0.1) is 6.92 Å². The predicted octanol–water partition coefficient (Wildman–Crippen LogP) is 5.38. The fraction of sp³-hybridized carbons (Fsp3) is 0.160. The van der Waals surface area contributed by atoms with E-state index in [1.165, 1.54) is 11.6 Å². The largest absolute Gasteiger partial charge is 0.508 e. The molecular weight excluding hydrogens is 442 g/mol. The van der Waals surface area contributed by atoms with Gasteiger partial charge in [0.15, 0.2) is 11.5 Å². The Kier molecular flexibility index (Phi) is 8.03. The Bertz CT molecular complexity index is 1110. The summed E-state index contributed by atoms with van der Waals surface area (Å²) in [5, 5.41) is 43.0. The first kappa shape index (κ1) is 23.5. The van der Waals surface area contributed by atoms with E-state index in [2.05, 4.69) is 17.4 Å². The zero-order chi connectivity index (χ0) is 23.1. The first-order valence-electron chi connectivity index (χ1n) is 9.97. The monoisotopic (exact) mass is 467 g/mol. The summed E-state index contributed by atoms with van der Waals surface area (Å²) in [6.07, 6.45) is 3.44. The van der Waals surface area contributed by atoms with E-state index in [4.69, 9.17) is 12.2 Å². The molecule has 0 unspecified atom stereocenters. The van der Waals surface area contributed by atoms with Crippen LogP contribution in [0.25, 0.3) is 6.08 Å². The van der Waals surface area contributed by atoms with E-state index in [9.17, 15) is 20.4 Å². The molecule has 0 saturated heterocycles. The predicted molar refractivity (Wildman–Crippen MR) is 134 cm³/mol. The third-order valence-corrected chi connectivity index (χ3v) is 6.20. The Morgan fingerprint density at radius 3 is 2.28 bits per heavy atom. The summed E-state index contributed by atoms with van der Waals surface area (Å²) < 4.78 is 0. The molecule has 7 heteroatoms. The van der Waals surface area contributed by atoms with E-state index in [0.717, 1.165) is 5.75 Å². The van der Waals surface area contributed by atoms with E-state index in [-0.39, 0.29) is 23.0 Å². The first-order valence-corrected chi connectivity index (χ1v) is 11.5. The van der Waals surface area contributed by atoms with Crippen LogP contribution in [0.15, 0.2) is 60.7 Å². The van der Waals surface area contributed by atoms with Crippen molar-refractivity contribution in [3.05, 3.63) is 88.5 Å². The zero-order valence-corrected chi connectivity index (χ0v) is 19.2. The standard InChI is InChI=1S/C25H25NO4S2/c1-16-21(27)11-19(12-22(16)28)13-26-24(31)8-7-18-9-20(25(30)23(29)10-18)15-32-14-17-5-3-2-4-6-17/h2-12,27-30H,13-15H2,1H3,(H,26,31)/b8-7+. The first-order chi connectivity index (χ1) is 15.3. The molecule has 32 heavy (non-hydrogen) atoms. The van der Waals surface area contributed by atoms with Gasteiger partial charge >= 0.3 is 0 Å². The molecule has 3 aromatic rings. The van der Waals surface area contributed by atoms with Crippen molar-refractivity contribution < 1.29 is 20.4 Å². The van der Waals surface area contributed by atoms with Crippen molar-refractivity contribution >= 4 is 35.0 Å². The fourth-order valence-corrected chi connectivity index (χ4v) is 4.13. The molecule has 0 aromatic heterocycles. The summed E-state index contributed by atoms with van der Waals surface area (Å²) in [6.45, 7) is 1.98. The zero-order valence-electron chi connectivity index (χ0n) is 17.6. The molecule has 0 aliphatic rings. The van der Waals surface area contributed by atoms with Crippen molar-refractivity contribution in [3.63, 3.8) is 0 Å². The van der Waals surface area contributed by atoms with Crippen molar-refractivity contribution in [1.29, 1.82) is 0 Å². The molecule has 0 atom stereocenters. The molecule has 0 aliphatic carbocycles. The van der Waals surface area contributed by atoms with Gasteiger partial charge in [0.1, 0.15) is 11.5 Å². The maximum Gasteiger partial charge on any atom is 0.161 e. The van der Waals surface area contributed by atoms with E-state index in [1.54, 1.807) is 43.0 Å². The average molecular weight is 468 g/mol. The number of aromatic hydroxyl groups is 4. The second-order valence-electron chi connectivity index (χ2n) is 7.34. The lowest BCUT2D eigenvalue weighted by Crippen LogP contribution is -2.18. The molecule has 0 spiro atoms. The number of hydrogen-bond acceptors (Lipinski definition) is 6. The summed E-state index contributed by atoms with van der Waals surface area (Å²) in [5.74, 6) is 1.13. The molecule has 0 bridgehead atoms. The van der Waals surface area contributed by atoms with Crippen molar-refractivity contribution in [1.82, 2.24) is 5.32 Å². The number of thioether (sulfide) groups is 1. The normalized spacial score (nSPS) is 11.0. The van der Waals surface area contributed by atoms with Gasteiger partial charge in [0.2, 0.25) is 0 Å². The minimum Gasteiger partial charge on any atom is -0.508 e. The third-order valence-electron chi connectivity index (χ3n) is 4.87. The molecule has 166 valence electrons. The van der Waals surface area contributed by atoms with Crippen molar-refractivity contribution in [3.8, 4) is 23.0 Å². The van der Waals surface area contributed by atoms with Crippen LogP contribution in [-0.2, 0) is 18.1 Å². The van der Waals surface area contributed by atoms with E-state index < -0.39 is 0 Å². The van der Waals surface area contributed by atoms with Crippen LogP contribution in [0.2, 0.25) is 0 Å². The van der Waals surface area contributed by atoms with Gasteiger partial charge in [-0.15, -0.1) is 0 Å². The van der Waals surface area contributed by atoms with Crippen LogP contribution in [0.4, 0.5) is 0 Å². The maximum atomic E-state index is 10.2. The van der Waals surface area contributed by atoms with Gasteiger partial charge in [-0.3, -0.25) is 0 Å². The Hall–Kier alpha value is -3.16. The second-order valence-corrected chi connectivity index (χ2v) is 8.76. The van der Waals surface area contributed by atoms with E-state index in [0.29, 0.717) is 39.5 Å². The lowest BCUT2D eigenvalue weighted by molar-refractivity contribution is 0.400. The molecule has 5 nitrogen and oxygen atoms in total. The average Bonchev–Trinajstić information content (AvgIpc) is 2.78. The van der Waals surface area contributed by atoms with Gasteiger partial charge in [0.25, 0.3) is 0 Å². The number of rotatable bonds is 8. The fourth-order valence-electron chi connectivity index (χ4n) is 3.02. The van der Waals surface area contributed by atoms with Gasteiger partial charge in [-0.25, -0.2) is 0 Å². The van der Waals surface area contributed by atoms with Crippen molar-refractivity contribution in [2.45, 2.75) is 25.0 Å². The van der Waals surface area contributed by atoms with Gasteiger partial charge in [-0.05, 0) is 54.0 Å². The Morgan fingerprint density at radius 1 is 0.906 bits per heavy atom. The highest BCUT2D eigenvalue weighted by Crippen LogP contribution is 2.34. The second kappa shape index (κ2) is 10.9. The molecule has 3 aromatic carbocycles. The van der Waals surface area contributed by atoms with Crippen LogP contribution in [0.3, 0.4) is 0 Å². The summed E-state index contributed by atoms with van der Waals surface area (Å²) in [6, 6.07) is 16.5. The van der Waals surface area contributed by atoms with Gasteiger partial charge in [0, 0.05) is 29.2 Å². The lowest BCUT2D eigenvalue weighted by Gasteiger charge is -2.09. The quantitative estimate of drug-likeness (QED) is 0.172. The summed E-state index contributed by atoms with van der Waals surface area (Å²) >= 11 is 6.97. The lowest BCUT2D eigenvalue weighted by atomic mass is 10.1. The van der Waals surface area contributed by atoms with Gasteiger partial charge in [-0.1, -0.05) is 48.6 Å². The van der Waals surface area contributed by atoms with Crippen molar-refractivity contribution in [2.24, 2.45) is 0 Å². The molecule has 0 fully saturated rings. The molecule has 3 rings (SSSR count). The minimum atomic E-state index is -0.174. The van der Waals surface area contributed by atoms with Gasteiger partial charge in [-0.2, -0.15) is 11.8 Å². The molecule has 0 aliphatic heterocycles. The summed E-state index contributed by atoms with van der Waals surface area (Å²) in [7, 11) is 0. The Morgan fingerprint density at radius 2 is 1.59 bits per heavy atom. The number of benzene rings is 3. The highest BCUT2D eigenvalue weighted by atomic mass is 32.2. The summed E-state index contributed by atoms with van der Waals surface area (Å²) in [4.78, 5) is 0.456. The third kappa shape index (κ3) is 6.42. The number of nitrogens with one attached hydrogen (secondary N) is 1. The topological polar surface area (TPSA) is 93.0 Å². The molecular formula is C25H25NO4S2. The maximum absolute atomic E-state index is 10.2. The van der Waals surface area contributed by atoms with Crippen LogP contribution in [-0.4, -0.2) is 25.4 Å². The molecule has 0 amide bonds. The van der Waals surface area contributed by atoms with Crippen LogP contribution in [0.5, 0.6) is 23.0 Å². The number of phenols is 4. The van der Waals surface area contributed by atoms with Crippen LogP contribution in [0.1, 0.15) is 27.8 Å². The molecule has 0 heterocycles. The highest BCUT2D eigenvalue weighted by Gasteiger charge is 2.09. The highest BCUT2D eigenvalue weighted by molar-refractivity contribution is 7.97. The summed E-state index contributed by atoms with van der Waals surface area (Å²) in [5.41, 5.74) is 3.69. The molecule has 0 saturated carbocycles. The van der Waals surface area contributed by atoms with Crippen LogP contribution >= 0.6 is 24.0 Å². The number of hydrogen-bond donors (Lipinski definition) is 5. The number of phenolic OH excluding ortho intramolecular Hbond substituents is 4.